The highest BCUT2D eigenvalue weighted by molar-refractivity contribution is 7.99. The van der Waals surface area contributed by atoms with E-state index in [2.05, 4.69) is 20.8 Å². The highest BCUT2D eigenvalue weighted by Crippen LogP contribution is 2.34. The quantitative estimate of drug-likeness (QED) is 0.759. The summed E-state index contributed by atoms with van der Waals surface area (Å²) in [6.45, 7) is 6.59. The average molecular weight is 202 g/mol. The van der Waals surface area contributed by atoms with Crippen LogP contribution in [0.25, 0.3) is 0 Å². The molecule has 3 unspecified atom stereocenters. The molecule has 1 nitrogen and oxygen atoms in total. The van der Waals surface area contributed by atoms with Crippen molar-refractivity contribution in [3.05, 3.63) is 0 Å². The van der Waals surface area contributed by atoms with Crippen LogP contribution in [0.5, 0.6) is 0 Å². The Morgan fingerprint density at radius 3 is 2.23 bits per heavy atom. The van der Waals surface area contributed by atoms with Crippen LogP contribution in [-0.2, 0) is 0 Å². The molecule has 0 aromatic heterocycles. The summed E-state index contributed by atoms with van der Waals surface area (Å²) in [7, 11) is 0. The third-order valence-corrected chi connectivity index (χ3v) is 4.25. The highest BCUT2D eigenvalue weighted by Gasteiger charge is 2.31. The van der Waals surface area contributed by atoms with Gasteiger partial charge in [-0.3, -0.25) is 0 Å². The Balaban J connectivity index is 2.35. The average Bonchev–Trinajstić information content (AvgIpc) is 2.10. The van der Waals surface area contributed by atoms with E-state index in [-0.39, 0.29) is 6.10 Å². The highest BCUT2D eigenvalue weighted by atomic mass is 32.2. The number of aliphatic hydroxyl groups excluding tert-OH is 1. The molecule has 1 aliphatic rings. The van der Waals surface area contributed by atoms with Crippen molar-refractivity contribution in [1.29, 1.82) is 0 Å². The van der Waals surface area contributed by atoms with Gasteiger partial charge in [-0.15, -0.1) is 0 Å². The van der Waals surface area contributed by atoms with Gasteiger partial charge in [0.1, 0.15) is 0 Å². The molecule has 4 atom stereocenters. The summed E-state index contributed by atoms with van der Waals surface area (Å²) >= 11 is 2.04. The predicted octanol–water partition coefficient (Wildman–Crippen LogP) is 2.78. The minimum absolute atomic E-state index is 0.0529. The van der Waals surface area contributed by atoms with Gasteiger partial charge in [-0.1, -0.05) is 20.8 Å². The molecule has 0 aromatic rings. The fourth-order valence-corrected chi connectivity index (χ4v) is 3.25. The molecular weight excluding hydrogens is 180 g/mol. The molecule has 0 radical (unpaired) electrons. The Kier molecular flexibility index (Phi) is 4.60. The van der Waals surface area contributed by atoms with Gasteiger partial charge in [0.25, 0.3) is 0 Å². The summed E-state index contributed by atoms with van der Waals surface area (Å²) in [5.41, 5.74) is 0. The van der Waals surface area contributed by atoms with Gasteiger partial charge in [-0.25, -0.2) is 0 Å². The molecule has 78 valence electrons. The molecule has 0 bridgehead atoms. The smallest absolute Gasteiger partial charge is 0.0591 e. The Morgan fingerprint density at radius 1 is 1.23 bits per heavy atom. The topological polar surface area (TPSA) is 20.2 Å². The molecule has 13 heavy (non-hydrogen) atoms. The van der Waals surface area contributed by atoms with Crippen molar-refractivity contribution < 1.29 is 5.11 Å². The molecule has 0 aliphatic heterocycles. The fourth-order valence-electron chi connectivity index (χ4n) is 2.41. The van der Waals surface area contributed by atoms with E-state index in [9.17, 15) is 5.11 Å². The number of aliphatic hydroxyl groups is 1. The molecule has 0 saturated heterocycles. The van der Waals surface area contributed by atoms with Gasteiger partial charge in [0.2, 0.25) is 0 Å². The number of thioether (sulfide) groups is 1. The molecule has 1 rings (SSSR count). The minimum Gasteiger partial charge on any atom is -0.393 e. The van der Waals surface area contributed by atoms with Crippen molar-refractivity contribution in [2.75, 3.05) is 11.5 Å². The van der Waals surface area contributed by atoms with Gasteiger partial charge >= 0.3 is 0 Å². The monoisotopic (exact) mass is 202 g/mol. The SMILES string of the molecule is CCSCC1CC(C)C(O)[C@H](C)C1. The zero-order valence-electron chi connectivity index (χ0n) is 8.99. The predicted molar refractivity (Wildman–Crippen MR) is 60.1 cm³/mol. The molecule has 0 amide bonds. The van der Waals surface area contributed by atoms with Gasteiger partial charge in [0.15, 0.2) is 0 Å². The first-order valence-corrected chi connectivity index (χ1v) is 6.56. The lowest BCUT2D eigenvalue weighted by Crippen LogP contribution is -2.34. The van der Waals surface area contributed by atoms with Gasteiger partial charge in [0, 0.05) is 0 Å². The summed E-state index contributed by atoms with van der Waals surface area (Å²) in [6.07, 6.45) is 2.39. The third kappa shape index (κ3) is 3.17. The molecular formula is C11H22OS. The fraction of sp³-hybridized carbons (Fsp3) is 1.00. The Labute approximate surface area is 86.3 Å². The lowest BCUT2D eigenvalue weighted by atomic mass is 9.75. The van der Waals surface area contributed by atoms with Crippen molar-refractivity contribution >= 4 is 11.8 Å². The van der Waals surface area contributed by atoms with Crippen LogP contribution in [0.15, 0.2) is 0 Å². The van der Waals surface area contributed by atoms with E-state index in [1.54, 1.807) is 0 Å². The molecule has 0 heterocycles. The first-order valence-electron chi connectivity index (χ1n) is 5.41. The van der Waals surface area contributed by atoms with Crippen LogP contribution >= 0.6 is 11.8 Å². The second-order valence-corrected chi connectivity index (χ2v) is 5.76. The standard InChI is InChI=1S/C11H22OS/c1-4-13-7-10-5-8(2)11(12)9(3)6-10/h8-12H,4-7H2,1-3H3/t8-,9?,10?,11?/m1/s1. The van der Waals surface area contributed by atoms with E-state index in [1.807, 2.05) is 11.8 Å². The van der Waals surface area contributed by atoms with Gasteiger partial charge < -0.3 is 5.11 Å². The van der Waals surface area contributed by atoms with Crippen molar-refractivity contribution in [3.8, 4) is 0 Å². The third-order valence-electron chi connectivity index (χ3n) is 3.13. The maximum Gasteiger partial charge on any atom is 0.0591 e. The summed E-state index contributed by atoms with van der Waals surface area (Å²) in [5.74, 6) is 4.37. The van der Waals surface area contributed by atoms with Gasteiger partial charge in [-0.05, 0) is 42.1 Å². The van der Waals surface area contributed by atoms with Crippen LogP contribution < -0.4 is 0 Å². The minimum atomic E-state index is -0.0529. The number of hydrogen-bond acceptors (Lipinski definition) is 2. The van der Waals surface area contributed by atoms with Crippen molar-refractivity contribution in [3.63, 3.8) is 0 Å². The van der Waals surface area contributed by atoms with Crippen LogP contribution in [0, 0.1) is 17.8 Å². The lowest BCUT2D eigenvalue weighted by Gasteiger charge is -2.35. The zero-order chi connectivity index (χ0) is 9.84. The van der Waals surface area contributed by atoms with Gasteiger partial charge in [-0.2, -0.15) is 11.8 Å². The van der Waals surface area contributed by atoms with E-state index in [0.717, 1.165) is 5.92 Å². The number of hydrogen-bond donors (Lipinski definition) is 1. The van der Waals surface area contributed by atoms with Crippen LogP contribution in [0.3, 0.4) is 0 Å². The van der Waals surface area contributed by atoms with E-state index < -0.39 is 0 Å². The van der Waals surface area contributed by atoms with Crippen LogP contribution in [0.4, 0.5) is 0 Å². The van der Waals surface area contributed by atoms with Gasteiger partial charge in [0.05, 0.1) is 6.10 Å². The lowest BCUT2D eigenvalue weighted by molar-refractivity contribution is 0.0159. The molecule has 0 spiro atoms. The van der Waals surface area contributed by atoms with E-state index in [1.165, 1.54) is 24.3 Å². The zero-order valence-corrected chi connectivity index (χ0v) is 9.81. The molecule has 2 heteroatoms. The maximum absolute atomic E-state index is 9.78. The summed E-state index contributed by atoms with van der Waals surface area (Å²) in [6, 6.07) is 0. The first kappa shape index (κ1) is 11.4. The van der Waals surface area contributed by atoms with Crippen molar-refractivity contribution in [2.45, 2.75) is 39.7 Å². The van der Waals surface area contributed by atoms with Crippen molar-refractivity contribution in [2.24, 2.45) is 17.8 Å². The second-order valence-electron chi connectivity index (χ2n) is 4.44. The van der Waals surface area contributed by atoms with E-state index in [0.29, 0.717) is 11.8 Å². The Bertz CT molecular complexity index is 137. The number of rotatable bonds is 3. The molecule has 1 fully saturated rings. The molecule has 1 aliphatic carbocycles. The summed E-state index contributed by atoms with van der Waals surface area (Å²) in [5, 5.41) is 9.78. The molecule has 0 aromatic carbocycles. The second kappa shape index (κ2) is 5.26. The van der Waals surface area contributed by atoms with Crippen LogP contribution in [0.1, 0.15) is 33.6 Å². The van der Waals surface area contributed by atoms with Crippen molar-refractivity contribution in [1.82, 2.24) is 0 Å². The Hall–Kier alpha value is 0.310. The van der Waals surface area contributed by atoms with Crippen LogP contribution in [0.2, 0.25) is 0 Å². The van der Waals surface area contributed by atoms with E-state index >= 15 is 0 Å². The molecule has 1 N–H and O–H groups in total. The normalized spacial score (nSPS) is 40.6. The van der Waals surface area contributed by atoms with E-state index in [4.69, 9.17) is 0 Å². The Morgan fingerprint density at radius 2 is 1.77 bits per heavy atom. The molecule has 1 saturated carbocycles. The largest absolute Gasteiger partial charge is 0.393 e. The summed E-state index contributed by atoms with van der Waals surface area (Å²) < 4.78 is 0. The summed E-state index contributed by atoms with van der Waals surface area (Å²) in [4.78, 5) is 0. The first-order chi connectivity index (χ1) is 6.15. The maximum atomic E-state index is 9.78. The van der Waals surface area contributed by atoms with Crippen LogP contribution in [-0.4, -0.2) is 22.7 Å².